The van der Waals surface area contributed by atoms with Gasteiger partial charge in [-0.25, -0.2) is 4.68 Å². The summed E-state index contributed by atoms with van der Waals surface area (Å²) in [6.07, 6.45) is 2.76. The number of methoxy groups -OCH3 is 1. The number of hydrogen-bond acceptors (Lipinski definition) is 7. The Morgan fingerprint density at radius 3 is 2.77 bits per heavy atom. The summed E-state index contributed by atoms with van der Waals surface area (Å²) in [4.78, 5) is 19.2. The summed E-state index contributed by atoms with van der Waals surface area (Å²) in [6, 6.07) is 19.6. The third-order valence-corrected chi connectivity index (χ3v) is 7.58. The van der Waals surface area contributed by atoms with Gasteiger partial charge in [-0.05, 0) is 41.1 Å². The van der Waals surface area contributed by atoms with Gasteiger partial charge in [0.25, 0.3) is 0 Å². The van der Waals surface area contributed by atoms with E-state index in [1.807, 2.05) is 54.6 Å². The topological polar surface area (TPSA) is 78.3 Å². The lowest BCUT2D eigenvalue weighted by Crippen LogP contribution is -2.33. The molecule has 0 saturated heterocycles. The fourth-order valence-corrected chi connectivity index (χ4v) is 5.72. The van der Waals surface area contributed by atoms with E-state index < -0.39 is 0 Å². The number of anilines is 1. The van der Waals surface area contributed by atoms with Crippen LogP contribution < -0.4 is 14.8 Å². The van der Waals surface area contributed by atoms with Crippen LogP contribution in [-0.4, -0.2) is 27.7 Å². The number of hydrogen-bond donors (Lipinski definition) is 1. The van der Waals surface area contributed by atoms with E-state index in [1.165, 1.54) is 11.2 Å². The van der Waals surface area contributed by atoms with Crippen molar-refractivity contribution >= 4 is 23.1 Å². The molecule has 35 heavy (non-hydrogen) atoms. The molecule has 176 valence electrons. The van der Waals surface area contributed by atoms with Gasteiger partial charge in [-0.15, -0.1) is 11.3 Å². The highest BCUT2D eigenvalue weighted by Crippen LogP contribution is 2.45. The van der Waals surface area contributed by atoms with Gasteiger partial charge in [-0.1, -0.05) is 42.5 Å². The molecular weight excluding hydrogens is 460 g/mol. The second-order valence-electron chi connectivity index (χ2n) is 8.68. The monoisotopic (exact) mass is 484 g/mol. The molecule has 0 bridgehead atoms. The molecule has 1 aliphatic heterocycles. The number of aromatic nitrogens is 3. The molecular formula is C27H24N4O3S. The molecule has 0 radical (unpaired) electrons. The summed E-state index contributed by atoms with van der Waals surface area (Å²) in [7, 11) is 1.62. The summed E-state index contributed by atoms with van der Waals surface area (Å²) in [5.74, 6) is 2.20. The maximum absolute atomic E-state index is 13.5. The van der Waals surface area contributed by atoms with E-state index in [4.69, 9.17) is 9.47 Å². The molecule has 4 aromatic rings. The van der Waals surface area contributed by atoms with E-state index in [9.17, 15) is 4.79 Å². The minimum Gasteiger partial charge on any atom is -0.493 e. The van der Waals surface area contributed by atoms with Gasteiger partial charge in [-0.3, -0.25) is 4.79 Å². The minimum absolute atomic E-state index is 0.131. The minimum atomic E-state index is -0.377. The number of allylic oxidation sites excluding steroid dienone is 2. The van der Waals surface area contributed by atoms with Crippen molar-refractivity contribution in [2.75, 3.05) is 12.4 Å². The lowest BCUT2D eigenvalue weighted by molar-refractivity contribution is -0.116. The molecule has 1 aliphatic carbocycles. The average molecular weight is 485 g/mol. The van der Waals surface area contributed by atoms with E-state index in [-0.39, 0.29) is 17.7 Å². The van der Waals surface area contributed by atoms with Crippen molar-refractivity contribution in [3.63, 3.8) is 0 Å². The smallest absolute Gasteiger partial charge is 0.226 e. The van der Waals surface area contributed by atoms with Crippen molar-refractivity contribution in [2.45, 2.75) is 31.4 Å². The number of thiophene rings is 1. The largest absolute Gasteiger partial charge is 0.493 e. The molecule has 2 aromatic carbocycles. The van der Waals surface area contributed by atoms with Gasteiger partial charge in [-0.2, -0.15) is 10.1 Å². The molecule has 1 N–H and O–H groups in total. The standard InChI is InChI=1S/C27H24N4O3S/c1-33-23-14-18(9-10-22(23)34-15-17-6-3-2-4-7-17)26-25-20(30-27-28-16-29-31(26)27)12-19(13-21(25)32)24-8-5-11-35-24/h2-11,14,16,19,26H,12-13,15H2,1H3,(H,28,29,30). The zero-order valence-electron chi connectivity index (χ0n) is 19.2. The van der Waals surface area contributed by atoms with Crippen LogP contribution in [0.15, 0.2) is 83.6 Å². The average Bonchev–Trinajstić information content (AvgIpc) is 3.59. The van der Waals surface area contributed by atoms with Gasteiger partial charge in [0.05, 0.1) is 7.11 Å². The van der Waals surface area contributed by atoms with Gasteiger partial charge in [0, 0.05) is 28.5 Å². The van der Waals surface area contributed by atoms with Crippen LogP contribution in [0.4, 0.5) is 5.95 Å². The summed E-state index contributed by atoms with van der Waals surface area (Å²) in [5, 5.41) is 9.89. The Morgan fingerprint density at radius 1 is 1.09 bits per heavy atom. The molecule has 0 saturated carbocycles. The highest BCUT2D eigenvalue weighted by molar-refractivity contribution is 7.10. The van der Waals surface area contributed by atoms with Crippen molar-refractivity contribution in [3.05, 3.63) is 99.6 Å². The van der Waals surface area contributed by atoms with Crippen molar-refractivity contribution in [1.29, 1.82) is 0 Å². The number of ketones is 1. The summed E-state index contributed by atoms with van der Waals surface area (Å²) >= 11 is 1.70. The van der Waals surface area contributed by atoms with E-state index in [0.717, 1.165) is 28.8 Å². The summed E-state index contributed by atoms with van der Waals surface area (Å²) in [5.41, 5.74) is 3.65. The van der Waals surface area contributed by atoms with Crippen LogP contribution >= 0.6 is 11.3 Å². The zero-order chi connectivity index (χ0) is 23.8. The van der Waals surface area contributed by atoms with Crippen LogP contribution in [0.3, 0.4) is 0 Å². The molecule has 8 heteroatoms. The number of benzene rings is 2. The van der Waals surface area contributed by atoms with Crippen LogP contribution in [0.2, 0.25) is 0 Å². The molecule has 7 nitrogen and oxygen atoms in total. The molecule has 2 aromatic heterocycles. The SMILES string of the molecule is COc1cc(C2C3=C(CC(c4cccs4)CC3=O)Nc3ncnn32)ccc1OCc1ccccc1. The Labute approximate surface area is 207 Å². The zero-order valence-corrected chi connectivity index (χ0v) is 20.0. The third-order valence-electron chi connectivity index (χ3n) is 6.55. The van der Waals surface area contributed by atoms with E-state index in [2.05, 4.69) is 26.8 Å². The third kappa shape index (κ3) is 4.00. The first-order valence-corrected chi connectivity index (χ1v) is 12.4. The number of carbonyl (C=O) groups is 1. The van der Waals surface area contributed by atoms with Crippen LogP contribution in [0.1, 0.15) is 40.8 Å². The van der Waals surface area contributed by atoms with Crippen molar-refractivity contribution in [1.82, 2.24) is 14.8 Å². The fraction of sp³-hybridized carbons (Fsp3) is 0.222. The van der Waals surface area contributed by atoms with E-state index in [0.29, 0.717) is 30.5 Å². The molecule has 2 aliphatic rings. The first-order chi connectivity index (χ1) is 17.2. The normalized spacial score (nSPS) is 19.1. The lowest BCUT2D eigenvalue weighted by Gasteiger charge is -2.35. The number of ether oxygens (including phenoxy) is 2. The number of nitrogens with one attached hydrogen (secondary N) is 1. The first-order valence-electron chi connectivity index (χ1n) is 11.5. The van der Waals surface area contributed by atoms with E-state index in [1.54, 1.807) is 23.1 Å². The quantitative estimate of drug-likeness (QED) is 0.398. The van der Waals surface area contributed by atoms with Crippen LogP contribution in [0.25, 0.3) is 0 Å². The summed E-state index contributed by atoms with van der Waals surface area (Å²) < 4.78 is 13.5. The van der Waals surface area contributed by atoms with Crippen LogP contribution in [0.5, 0.6) is 11.5 Å². The summed E-state index contributed by atoms with van der Waals surface area (Å²) in [6.45, 7) is 0.439. The fourth-order valence-electron chi connectivity index (χ4n) is 4.89. The lowest BCUT2D eigenvalue weighted by atomic mass is 9.80. The molecule has 0 amide bonds. The first kappa shape index (κ1) is 21.6. The van der Waals surface area contributed by atoms with Crippen LogP contribution in [-0.2, 0) is 11.4 Å². The highest BCUT2D eigenvalue weighted by atomic mass is 32.1. The van der Waals surface area contributed by atoms with Gasteiger partial charge >= 0.3 is 0 Å². The number of nitrogens with zero attached hydrogens (tertiary/aromatic N) is 3. The Hall–Kier alpha value is -3.91. The Bertz CT molecular complexity index is 1400. The van der Waals surface area contributed by atoms with E-state index >= 15 is 0 Å². The molecule has 0 spiro atoms. The molecule has 6 rings (SSSR count). The predicted octanol–water partition coefficient (Wildman–Crippen LogP) is 5.34. The van der Waals surface area contributed by atoms with Crippen molar-refractivity contribution < 1.29 is 14.3 Å². The second kappa shape index (κ2) is 9.03. The van der Waals surface area contributed by atoms with Gasteiger partial charge in [0.2, 0.25) is 5.95 Å². The number of carbonyl (C=O) groups excluding carboxylic acids is 1. The van der Waals surface area contributed by atoms with Crippen molar-refractivity contribution in [2.24, 2.45) is 0 Å². The highest BCUT2D eigenvalue weighted by Gasteiger charge is 2.39. The predicted molar refractivity (Wildman–Crippen MR) is 134 cm³/mol. The van der Waals surface area contributed by atoms with Crippen LogP contribution in [0, 0.1) is 0 Å². The number of fused-ring (bicyclic) bond motifs is 1. The molecule has 2 atom stereocenters. The molecule has 0 fully saturated rings. The number of rotatable bonds is 6. The Morgan fingerprint density at radius 2 is 1.97 bits per heavy atom. The Kier molecular flexibility index (Phi) is 5.58. The van der Waals surface area contributed by atoms with Gasteiger partial charge in [0.1, 0.15) is 19.0 Å². The molecule has 2 unspecified atom stereocenters. The maximum atomic E-state index is 13.5. The van der Waals surface area contributed by atoms with Crippen molar-refractivity contribution in [3.8, 4) is 11.5 Å². The second-order valence-corrected chi connectivity index (χ2v) is 9.66. The number of Topliss-reactive ketones (excluding diaryl/α,β-unsaturated/α-hetero) is 1. The van der Waals surface area contributed by atoms with Gasteiger partial charge in [0.15, 0.2) is 17.3 Å². The Balaban J connectivity index is 1.35. The van der Waals surface area contributed by atoms with Gasteiger partial charge < -0.3 is 14.8 Å². The maximum Gasteiger partial charge on any atom is 0.226 e. The molecule has 3 heterocycles.